The van der Waals surface area contributed by atoms with Crippen molar-refractivity contribution in [2.75, 3.05) is 28.4 Å². The second-order valence-electron chi connectivity index (χ2n) is 5.87. The maximum Gasteiger partial charge on any atom is 0.200 e. The highest BCUT2D eigenvalue weighted by atomic mass is 16.5. The third-order valence-electron chi connectivity index (χ3n) is 3.98. The Morgan fingerprint density at radius 1 is 0.724 bits per heavy atom. The third-order valence-corrected chi connectivity index (χ3v) is 3.98. The topological polar surface area (TPSA) is 74.2 Å². The number of ketones is 1. The van der Waals surface area contributed by atoms with E-state index in [0.29, 0.717) is 23.0 Å². The Bertz CT molecular complexity index is 893. The zero-order valence-electron chi connectivity index (χ0n) is 16.8. The summed E-state index contributed by atoms with van der Waals surface area (Å²) in [5.41, 5.74) is 1.55. The number of allylic oxidation sites excluding steroid dienone is 4. The summed E-state index contributed by atoms with van der Waals surface area (Å²) in [5, 5.41) is 9.92. The number of aromatic hydroxyl groups is 1. The van der Waals surface area contributed by atoms with Gasteiger partial charge in [-0.15, -0.1) is 0 Å². The number of phenols is 1. The molecule has 29 heavy (non-hydrogen) atoms. The van der Waals surface area contributed by atoms with Crippen molar-refractivity contribution in [3.05, 3.63) is 65.8 Å². The molecule has 0 atom stereocenters. The van der Waals surface area contributed by atoms with Crippen molar-refractivity contribution in [2.45, 2.75) is 0 Å². The van der Waals surface area contributed by atoms with Crippen LogP contribution in [0.15, 0.2) is 54.6 Å². The highest BCUT2D eigenvalue weighted by molar-refractivity contribution is 6.02. The van der Waals surface area contributed by atoms with Crippen molar-refractivity contribution < 1.29 is 28.8 Å². The zero-order chi connectivity index (χ0) is 21.2. The van der Waals surface area contributed by atoms with Gasteiger partial charge < -0.3 is 24.1 Å². The number of ether oxygens (including phenoxy) is 4. The first-order valence-electron chi connectivity index (χ1n) is 8.75. The third kappa shape index (κ3) is 6.17. The lowest BCUT2D eigenvalue weighted by Gasteiger charge is -2.09. The monoisotopic (exact) mass is 396 g/mol. The maximum atomic E-state index is 12.0. The van der Waals surface area contributed by atoms with Crippen molar-refractivity contribution in [3.63, 3.8) is 0 Å². The Morgan fingerprint density at radius 3 is 1.79 bits per heavy atom. The Hall–Kier alpha value is -3.67. The summed E-state index contributed by atoms with van der Waals surface area (Å²) in [5.74, 6) is 1.68. The molecule has 0 unspecified atom stereocenters. The first kappa shape index (κ1) is 21.6. The second-order valence-corrected chi connectivity index (χ2v) is 5.87. The maximum absolute atomic E-state index is 12.0. The average molecular weight is 396 g/mol. The molecule has 0 heterocycles. The number of hydrogen-bond acceptors (Lipinski definition) is 6. The second kappa shape index (κ2) is 10.6. The van der Waals surface area contributed by atoms with Gasteiger partial charge in [0.05, 0.1) is 28.4 Å². The summed E-state index contributed by atoms with van der Waals surface area (Å²) < 4.78 is 20.7. The highest BCUT2D eigenvalue weighted by Crippen LogP contribution is 2.37. The van der Waals surface area contributed by atoms with Gasteiger partial charge in [0.1, 0.15) is 11.5 Å². The van der Waals surface area contributed by atoms with Gasteiger partial charge in [0.15, 0.2) is 17.3 Å². The lowest BCUT2D eigenvalue weighted by atomic mass is 10.1. The van der Waals surface area contributed by atoms with Crippen molar-refractivity contribution in [2.24, 2.45) is 0 Å². The number of carbonyl (C=O) groups excluding carboxylic acids is 1. The molecular weight excluding hydrogens is 372 g/mol. The summed E-state index contributed by atoms with van der Waals surface area (Å²) in [6, 6.07) is 8.71. The van der Waals surface area contributed by atoms with Gasteiger partial charge in [-0.05, 0) is 47.5 Å². The number of hydrogen-bond donors (Lipinski definition) is 1. The Morgan fingerprint density at radius 2 is 1.28 bits per heavy atom. The van der Waals surface area contributed by atoms with Crippen LogP contribution in [0.1, 0.15) is 11.1 Å². The minimum Gasteiger partial charge on any atom is -0.502 e. The predicted molar refractivity (Wildman–Crippen MR) is 113 cm³/mol. The quantitative estimate of drug-likeness (QED) is 0.504. The van der Waals surface area contributed by atoms with Gasteiger partial charge in [-0.25, -0.2) is 0 Å². The van der Waals surface area contributed by atoms with Crippen molar-refractivity contribution in [1.82, 2.24) is 0 Å². The lowest BCUT2D eigenvalue weighted by molar-refractivity contribution is -0.110. The SMILES string of the molecule is COc1cc(/C=C/C(=O)/C=C/C=C/c2cc(OC)c(O)c(OC)c2)cc(OC)c1. The van der Waals surface area contributed by atoms with Crippen LogP contribution in [0.2, 0.25) is 0 Å². The highest BCUT2D eigenvalue weighted by Gasteiger charge is 2.09. The van der Waals surface area contributed by atoms with Gasteiger partial charge in [-0.2, -0.15) is 0 Å². The van der Waals surface area contributed by atoms with Gasteiger partial charge in [0.2, 0.25) is 5.75 Å². The first-order chi connectivity index (χ1) is 14.0. The molecule has 2 rings (SSSR count). The van der Waals surface area contributed by atoms with Crippen LogP contribution < -0.4 is 18.9 Å². The summed E-state index contributed by atoms with van der Waals surface area (Å²) in [7, 11) is 6.07. The molecule has 0 aliphatic heterocycles. The van der Waals surface area contributed by atoms with Crippen LogP contribution in [0.3, 0.4) is 0 Å². The molecule has 0 fully saturated rings. The number of benzene rings is 2. The molecule has 0 saturated carbocycles. The van der Waals surface area contributed by atoms with E-state index < -0.39 is 0 Å². The number of rotatable bonds is 9. The van der Waals surface area contributed by atoms with E-state index in [-0.39, 0.29) is 11.5 Å². The average Bonchev–Trinajstić information content (AvgIpc) is 2.75. The van der Waals surface area contributed by atoms with Gasteiger partial charge in [0.25, 0.3) is 0 Å². The van der Waals surface area contributed by atoms with Gasteiger partial charge in [-0.3, -0.25) is 4.79 Å². The molecule has 2 aromatic rings. The molecular formula is C23H24O6. The summed E-state index contributed by atoms with van der Waals surface area (Å²) in [6.07, 6.45) is 9.71. The fraction of sp³-hybridized carbons (Fsp3) is 0.174. The minimum absolute atomic E-state index is 0.0582. The Labute approximate surface area is 170 Å². The standard InChI is InChI=1S/C23H24O6/c1-26-19-11-17(12-20(15-19)27-2)9-10-18(24)8-6-5-7-16-13-21(28-3)23(25)22(14-16)29-4/h5-15,25H,1-4H3/b7-5+,8-6+,10-9+. The van der Waals surface area contributed by atoms with E-state index in [4.69, 9.17) is 18.9 Å². The molecule has 0 aliphatic rings. The van der Waals surface area contributed by atoms with Gasteiger partial charge in [0, 0.05) is 6.07 Å². The smallest absolute Gasteiger partial charge is 0.200 e. The van der Waals surface area contributed by atoms with Crippen LogP contribution >= 0.6 is 0 Å². The van der Waals surface area contributed by atoms with Crippen LogP contribution in [0.4, 0.5) is 0 Å². The van der Waals surface area contributed by atoms with Crippen molar-refractivity contribution in [3.8, 4) is 28.7 Å². The molecule has 0 aromatic heterocycles. The van der Waals surface area contributed by atoms with Crippen LogP contribution in [0.5, 0.6) is 28.7 Å². The first-order valence-corrected chi connectivity index (χ1v) is 8.75. The summed E-state index contributed by atoms with van der Waals surface area (Å²) in [6.45, 7) is 0. The molecule has 0 bridgehead atoms. The van der Waals surface area contributed by atoms with Gasteiger partial charge in [-0.1, -0.05) is 24.3 Å². The van der Waals surface area contributed by atoms with Crippen LogP contribution in [0.25, 0.3) is 12.2 Å². The van der Waals surface area contributed by atoms with E-state index in [2.05, 4.69) is 0 Å². The molecule has 6 nitrogen and oxygen atoms in total. The lowest BCUT2D eigenvalue weighted by Crippen LogP contribution is -1.90. The van der Waals surface area contributed by atoms with E-state index in [9.17, 15) is 9.90 Å². The molecule has 0 saturated heterocycles. The van der Waals surface area contributed by atoms with Crippen LogP contribution in [-0.2, 0) is 4.79 Å². The molecule has 2 aromatic carbocycles. The van der Waals surface area contributed by atoms with E-state index >= 15 is 0 Å². The molecule has 0 aliphatic carbocycles. The van der Waals surface area contributed by atoms with Crippen molar-refractivity contribution >= 4 is 17.9 Å². The number of methoxy groups -OCH3 is 4. The molecule has 152 valence electrons. The fourth-order valence-electron chi connectivity index (χ4n) is 2.49. The molecule has 0 spiro atoms. The summed E-state index contributed by atoms with van der Waals surface area (Å²) in [4.78, 5) is 12.0. The van der Waals surface area contributed by atoms with E-state index in [1.54, 1.807) is 56.7 Å². The Balaban J connectivity index is 2.05. The number of carbonyl (C=O) groups is 1. The normalized spacial score (nSPS) is 11.3. The van der Waals surface area contributed by atoms with Crippen molar-refractivity contribution in [1.29, 1.82) is 0 Å². The predicted octanol–water partition coefficient (Wildman–Crippen LogP) is 4.28. The fourth-order valence-corrected chi connectivity index (χ4v) is 2.49. The molecule has 0 amide bonds. The molecule has 6 heteroatoms. The molecule has 0 radical (unpaired) electrons. The van der Waals surface area contributed by atoms with Gasteiger partial charge >= 0.3 is 0 Å². The van der Waals surface area contributed by atoms with E-state index in [0.717, 1.165) is 11.1 Å². The van der Waals surface area contributed by atoms with E-state index in [1.807, 2.05) is 12.1 Å². The zero-order valence-corrected chi connectivity index (χ0v) is 16.8. The Kier molecular flexibility index (Phi) is 7.91. The van der Waals surface area contributed by atoms with Crippen LogP contribution in [-0.4, -0.2) is 39.3 Å². The number of phenolic OH excluding ortho intramolecular Hbond substituents is 1. The van der Waals surface area contributed by atoms with E-state index in [1.165, 1.54) is 26.4 Å². The van der Waals surface area contributed by atoms with Crippen LogP contribution in [0, 0.1) is 0 Å². The minimum atomic E-state index is -0.169. The largest absolute Gasteiger partial charge is 0.502 e. The summed E-state index contributed by atoms with van der Waals surface area (Å²) >= 11 is 0. The molecule has 1 N–H and O–H groups in total.